The van der Waals surface area contributed by atoms with Crippen LogP contribution < -0.4 is 5.32 Å². The van der Waals surface area contributed by atoms with Gasteiger partial charge in [0.2, 0.25) is 0 Å². The standard InChI is InChI=1S/C23H26N2O6/c1-30-22(28)19(24-23(29)31-15-16-9-3-2-4-10-16)13-7-8-14-25-20(26)17-11-5-6-12-18(17)21(25)27/h2-6,9-12,19,22,28H,7-8,13-15H2,1H3,(H,24,29). The molecular weight excluding hydrogens is 400 g/mol. The van der Waals surface area contributed by atoms with Crippen LogP contribution in [0.4, 0.5) is 4.79 Å². The smallest absolute Gasteiger partial charge is 0.407 e. The fourth-order valence-corrected chi connectivity index (χ4v) is 3.44. The average molecular weight is 426 g/mol. The first-order valence-corrected chi connectivity index (χ1v) is 10.1. The van der Waals surface area contributed by atoms with Crippen LogP contribution >= 0.6 is 0 Å². The molecule has 0 radical (unpaired) electrons. The van der Waals surface area contributed by atoms with Crippen LogP contribution in [0.1, 0.15) is 45.5 Å². The summed E-state index contributed by atoms with van der Waals surface area (Å²) < 4.78 is 10.1. The Bertz CT molecular complexity index is 882. The molecule has 1 heterocycles. The predicted molar refractivity (Wildman–Crippen MR) is 112 cm³/mol. The quantitative estimate of drug-likeness (QED) is 0.344. The van der Waals surface area contributed by atoms with E-state index < -0.39 is 18.4 Å². The van der Waals surface area contributed by atoms with Gasteiger partial charge < -0.3 is 19.9 Å². The second-order valence-electron chi connectivity index (χ2n) is 7.24. The zero-order chi connectivity index (χ0) is 22.2. The minimum Gasteiger partial charge on any atom is -0.445 e. The Morgan fingerprint density at radius 3 is 2.23 bits per heavy atom. The van der Waals surface area contributed by atoms with Gasteiger partial charge in [-0.05, 0) is 37.0 Å². The summed E-state index contributed by atoms with van der Waals surface area (Å²) in [5.74, 6) is -0.589. The van der Waals surface area contributed by atoms with Crippen LogP contribution in [0.5, 0.6) is 0 Å². The maximum Gasteiger partial charge on any atom is 0.407 e. The van der Waals surface area contributed by atoms with Crippen molar-refractivity contribution in [2.45, 2.75) is 38.2 Å². The summed E-state index contributed by atoms with van der Waals surface area (Å²) in [5, 5.41) is 12.7. The summed E-state index contributed by atoms with van der Waals surface area (Å²) >= 11 is 0. The fourth-order valence-electron chi connectivity index (χ4n) is 3.44. The Morgan fingerprint density at radius 1 is 1.00 bits per heavy atom. The largest absolute Gasteiger partial charge is 0.445 e. The number of imide groups is 1. The van der Waals surface area contributed by atoms with E-state index in [4.69, 9.17) is 9.47 Å². The number of nitrogens with zero attached hydrogens (tertiary/aromatic N) is 1. The third-order valence-corrected chi connectivity index (χ3v) is 5.13. The second kappa shape index (κ2) is 10.7. The van der Waals surface area contributed by atoms with Crippen LogP contribution in [0.15, 0.2) is 54.6 Å². The number of aliphatic hydroxyl groups excluding tert-OH is 1. The van der Waals surface area contributed by atoms with Gasteiger partial charge in [-0.15, -0.1) is 0 Å². The Kier molecular flexibility index (Phi) is 7.75. The molecule has 2 atom stereocenters. The molecule has 3 rings (SSSR count). The van der Waals surface area contributed by atoms with E-state index in [1.54, 1.807) is 24.3 Å². The molecule has 0 saturated carbocycles. The van der Waals surface area contributed by atoms with Crippen molar-refractivity contribution in [3.63, 3.8) is 0 Å². The lowest BCUT2D eigenvalue weighted by molar-refractivity contribution is -0.0977. The van der Waals surface area contributed by atoms with Crippen LogP contribution in [0.2, 0.25) is 0 Å². The third kappa shape index (κ3) is 5.68. The Balaban J connectivity index is 1.45. The number of alkyl carbamates (subject to hydrolysis) is 1. The zero-order valence-corrected chi connectivity index (χ0v) is 17.3. The molecular formula is C23H26N2O6. The molecule has 1 aliphatic heterocycles. The second-order valence-corrected chi connectivity index (χ2v) is 7.24. The molecule has 2 N–H and O–H groups in total. The monoisotopic (exact) mass is 426 g/mol. The van der Waals surface area contributed by atoms with Crippen LogP contribution in [-0.2, 0) is 16.1 Å². The van der Waals surface area contributed by atoms with E-state index in [2.05, 4.69) is 5.32 Å². The molecule has 8 nitrogen and oxygen atoms in total. The molecule has 0 aliphatic carbocycles. The van der Waals surface area contributed by atoms with Gasteiger partial charge >= 0.3 is 6.09 Å². The average Bonchev–Trinajstić information content (AvgIpc) is 3.04. The van der Waals surface area contributed by atoms with Gasteiger partial charge in [-0.1, -0.05) is 42.5 Å². The van der Waals surface area contributed by atoms with Crippen molar-refractivity contribution in [3.8, 4) is 0 Å². The van der Waals surface area contributed by atoms with E-state index >= 15 is 0 Å². The number of carbonyl (C=O) groups excluding carboxylic acids is 3. The van der Waals surface area contributed by atoms with Crippen molar-refractivity contribution in [3.05, 3.63) is 71.3 Å². The van der Waals surface area contributed by atoms with Crippen molar-refractivity contribution in [2.24, 2.45) is 0 Å². The number of aliphatic hydroxyl groups is 1. The van der Waals surface area contributed by atoms with Crippen LogP contribution in [-0.4, -0.2) is 53.9 Å². The molecule has 2 unspecified atom stereocenters. The summed E-state index contributed by atoms with van der Waals surface area (Å²) in [7, 11) is 1.34. The van der Waals surface area contributed by atoms with Gasteiger partial charge in [0.15, 0.2) is 6.29 Å². The highest BCUT2D eigenvalue weighted by atomic mass is 16.6. The maximum absolute atomic E-state index is 12.4. The number of amides is 3. The van der Waals surface area contributed by atoms with Gasteiger partial charge in [-0.25, -0.2) is 4.79 Å². The van der Waals surface area contributed by atoms with Gasteiger partial charge in [-0.3, -0.25) is 14.5 Å². The number of unbranched alkanes of at least 4 members (excludes halogenated alkanes) is 1. The molecule has 31 heavy (non-hydrogen) atoms. The highest BCUT2D eigenvalue weighted by Crippen LogP contribution is 2.23. The number of ether oxygens (including phenoxy) is 2. The highest BCUT2D eigenvalue weighted by molar-refractivity contribution is 6.21. The first-order valence-electron chi connectivity index (χ1n) is 10.1. The normalized spacial score (nSPS) is 14.8. The van der Waals surface area contributed by atoms with E-state index in [-0.39, 0.29) is 25.0 Å². The molecule has 0 aromatic heterocycles. The Morgan fingerprint density at radius 2 is 1.61 bits per heavy atom. The molecule has 0 bridgehead atoms. The maximum atomic E-state index is 12.4. The number of nitrogens with one attached hydrogen (secondary N) is 1. The molecule has 8 heteroatoms. The first-order chi connectivity index (χ1) is 15.0. The lowest BCUT2D eigenvalue weighted by Crippen LogP contribution is -2.44. The van der Waals surface area contributed by atoms with E-state index in [1.807, 2.05) is 30.3 Å². The van der Waals surface area contributed by atoms with Gasteiger partial charge in [0, 0.05) is 13.7 Å². The van der Waals surface area contributed by atoms with Gasteiger partial charge in [0.1, 0.15) is 6.61 Å². The molecule has 0 spiro atoms. The van der Waals surface area contributed by atoms with Crippen molar-refractivity contribution >= 4 is 17.9 Å². The summed E-state index contributed by atoms with van der Waals surface area (Å²) in [6.07, 6.45) is -0.399. The number of fused-ring (bicyclic) bond motifs is 1. The van der Waals surface area contributed by atoms with E-state index in [9.17, 15) is 19.5 Å². The SMILES string of the molecule is COC(O)C(CCCCN1C(=O)c2ccccc2C1=O)NC(=O)OCc1ccccc1. The number of methoxy groups -OCH3 is 1. The lowest BCUT2D eigenvalue weighted by atomic mass is 10.1. The van der Waals surface area contributed by atoms with Crippen molar-refractivity contribution in [2.75, 3.05) is 13.7 Å². The van der Waals surface area contributed by atoms with Gasteiger partial charge in [0.25, 0.3) is 11.8 Å². The van der Waals surface area contributed by atoms with Crippen LogP contribution in [0.25, 0.3) is 0 Å². The summed E-state index contributed by atoms with van der Waals surface area (Å²) in [4.78, 5) is 38.1. The predicted octanol–water partition coefficient (Wildman–Crippen LogP) is 2.71. The third-order valence-electron chi connectivity index (χ3n) is 5.13. The molecule has 164 valence electrons. The number of rotatable bonds is 10. The van der Waals surface area contributed by atoms with Crippen molar-refractivity contribution < 1.29 is 29.0 Å². The van der Waals surface area contributed by atoms with Crippen LogP contribution in [0.3, 0.4) is 0 Å². The molecule has 0 saturated heterocycles. The van der Waals surface area contributed by atoms with Crippen molar-refractivity contribution in [1.29, 1.82) is 0 Å². The van der Waals surface area contributed by atoms with E-state index in [0.29, 0.717) is 30.4 Å². The zero-order valence-electron chi connectivity index (χ0n) is 17.3. The molecule has 1 aliphatic rings. The van der Waals surface area contributed by atoms with Crippen molar-refractivity contribution in [1.82, 2.24) is 10.2 Å². The molecule has 3 amide bonds. The van der Waals surface area contributed by atoms with Gasteiger partial charge in [-0.2, -0.15) is 0 Å². The fraction of sp³-hybridized carbons (Fsp3) is 0.348. The lowest BCUT2D eigenvalue weighted by Gasteiger charge is -2.23. The summed E-state index contributed by atoms with van der Waals surface area (Å²) in [6.45, 7) is 0.378. The summed E-state index contributed by atoms with van der Waals surface area (Å²) in [6, 6.07) is 15.3. The molecule has 2 aromatic carbocycles. The number of benzene rings is 2. The van der Waals surface area contributed by atoms with Crippen LogP contribution in [0, 0.1) is 0 Å². The number of carbonyl (C=O) groups is 3. The van der Waals surface area contributed by atoms with E-state index in [0.717, 1.165) is 5.56 Å². The Labute approximate surface area is 180 Å². The molecule has 2 aromatic rings. The number of hydrogen-bond acceptors (Lipinski definition) is 6. The van der Waals surface area contributed by atoms with Gasteiger partial charge in [0.05, 0.1) is 17.2 Å². The Hall–Kier alpha value is -3.23. The minimum atomic E-state index is -1.21. The minimum absolute atomic E-state index is 0.113. The topological polar surface area (TPSA) is 105 Å². The summed E-state index contributed by atoms with van der Waals surface area (Å²) in [5.41, 5.74) is 1.69. The first kappa shape index (κ1) is 22.5. The number of hydrogen-bond donors (Lipinski definition) is 2. The highest BCUT2D eigenvalue weighted by Gasteiger charge is 2.34. The van der Waals surface area contributed by atoms with E-state index in [1.165, 1.54) is 12.0 Å². The molecule has 0 fully saturated rings.